The molecule has 17 heavy (non-hydrogen) atoms. The minimum atomic E-state index is 0.325. The Labute approximate surface area is 103 Å². The van der Waals surface area contributed by atoms with Gasteiger partial charge in [0, 0.05) is 17.8 Å². The maximum Gasteiger partial charge on any atom is 0.218 e. The molecule has 3 heteroatoms. The zero-order valence-electron chi connectivity index (χ0n) is 10.8. The van der Waals surface area contributed by atoms with Gasteiger partial charge < -0.3 is 10.5 Å². The number of aromatic nitrogens is 1. The quantitative estimate of drug-likeness (QED) is 0.874. The highest BCUT2D eigenvalue weighted by molar-refractivity contribution is 5.28. The van der Waals surface area contributed by atoms with E-state index in [0.717, 1.165) is 35.9 Å². The van der Waals surface area contributed by atoms with Crippen LogP contribution in [0.15, 0.2) is 12.1 Å². The summed E-state index contributed by atoms with van der Waals surface area (Å²) < 4.78 is 6.02. The number of nitrogens with two attached hydrogens (primary N) is 1. The molecule has 1 aliphatic carbocycles. The standard InChI is InChI=1S/C14H22N2O/c1-10-3-7-13(8-4-10)17-14-12(9-15)6-5-11(2)16-14/h5-6,10,13H,3-4,7-9,15H2,1-2H3. The molecule has 1 fully saturated rings. The first kappa shape index (κ1) is 12.4. The van der Waals surface area contributed by atoms with Gasteiger partial charge in [-0.2, -0.15) is 0 Å². The molecule has 0 radical (unpaired) electrons. The fraction of sp³-hybridized carbons (Fsp3) is 0.643. The van der Waals surface area contributed by atoms with Crippen molar-refractivity contribution in [1.82, 2.24) is 4.98 Å². The van der Waals surface area contributed by atoms with Crippen LogP contribution in [-0.2, 0) is 6.54 Å². The molecule has 0 amide bonds. The van der Waals surface area contributed by atoms with E-state index in [9.17, 15) is 0 Å². The fourth-order valence-corrected chi connectivity index (χ4v) is 2.32. The molecule has 0 aliphatic heterocycles. The van der Waals surface area contributed by atoms with Gasteiger partial charge in [0.1, 0.15) is 6.10 Å². The number of pyridine rings is 1. The number of nitrogens with zero attached hydrogens (tertiary/aromatic N) is 1. The van der Waals surface area contributed by atoms with Gasteiger partial charge in [0.25, 0.3) is 0 Å². The molecule has 1 heterocycles. The van der Waals surface area contributed by atoms with Crippen LogP contribution >= 0.6 is 0 Å². The van der Waals surface area contributed by atoms with Crippen LogP contribution in [0.2, 0.25) is 0 Å². The number of hydrogen-bond donors (Lipinski definition) is 1. The second-order valence-corrected chi connectivity index (χ2v) is 5.12. The van der Waals surface area contributed by atoms with Crippen molar-refractivity contribution < 1.29 is 4.74 Å². The molecule has 3 nitrogen and oxygen atoms in total. The summed E-state index contributed by atoms with van der Waals surface area (Å²) in [5.74, 6) is 1.58. The van der Waals surface area contributed by atoms with Gasteiger partial charge in [-0.1, -0.05) is 13.0 Å². The van der Waals surface area contributed by atoms with E-state index >= 15 is 0 Å². The van der Waals surface area contributed by atoms with E-state index in [4.69, 9.17) is 10.5 Å². The van der Waals surface area contributed by atoms with Crippen molar-refractivity contribution in [2.24, 2.45) is 11.7 Å². The summed E-state index contributed by atoms with van der Waals surface area (Å²) in [5.41, 5.74) is 7.70. The first-order chi connectivity index (χ1) is 8.19. The van der Waals surface area contributed by atoms with Gasteiger partial charge in [-0.25, -0.2) is 4.98 Å². The SMILES string of the molecule is Cc1ccc(CN)c(OC2CCC(C)CC2)n1. The molecule has 0 atom stereocenters. The molecule has 0 saturated heterocycles. The maximum atomic E-state index is 6.02. The molecule has 2 rings (SSSR count). The van der Waals surface area contributed by atoms with Crippen LogP contribution in [-0.4, -0.2) is 11.1 Å². The Hall–Kier alpha value is -1.09. The maximum absolute atomic E-state index is 6.02. The highest BCUT2D eigenvalue weighted by Crippen LogP contribution is 2.27. The van der Waals surface area contributed by atoms with Gasteiger partial charge in [-0.05, 0) is 44.6 Å². The van der Waals surface area contributed by atoms with Gasteiger partial charge in [0.15, 0.2) is 0 Å². The van der Waals surface area contributed by atoms with Gasteiger partial charge in [-0.15, -0.1) is 0 Å². The van der Waals surface area contributed by atoms with Gasteiger partial charge in [-0.3, -0.25) is 0 Å². The minimum absolute atomic E-state index is 0.325. The van der Waals surface area contributed by atoms with E-state index in [1.807, 2.05) is 19.1 Å². The number of rotatable bonds is 3. The molecule has 0 spiro atoms. The average molecular weight is 234 g/mol. The molecule has 94 valence electrons. The third kappa shape index (κ3) is 3.19. The second kappa shape index (κ2) is 5.50. The summed E-state index contributed by atoms with van der Waals surface area (Å²) in [6.07, 6.45) is 5.12. The fourth-order valence-electron chi connectivity index (χ4n) is 2.32. The molecule has 1 aromatic rings. The number of hydrogen-bond acceptors (Lipinski definition) is 3. The van der Waals surface area contributed by atoms with Crippen LogP contribution in [0.5, 0.6) is 5.88 Å². The smallest absolute Gasteiger partial charge is 0.218 e. The summed E-state index contributed by atoms with van der Waals surface area (Å²) in [6.45, 7) is 4.79. The largest absolute Gasteiger partial charge is 0.474 e. The van der Waals surface area contributed by atoms with E-state index in [0.29, 0.717) is 12.6 Å². The van der Waals surface area contributed by atoms with Crippen LogP contribution in [0, 0.1) is 12.8 Å². The van der Waals surface area contributed by atoms with E-state index in [1.54, 1.807) is 0 Å². The molecule has 1 aliphatic rings. The lowest BCUT2D eigenvalue weighted by molar-refractivity contribution is 0.128. The van der Waals surface area contributed by atoms with Crippen molar-refractivity contribution in [3.63, 3.8) is 0 Å². The first-order valence-electron chi connectivity index (χ1n) is 6.52. The molecule has 0 unspecified atom stereocenters. The number of ether oxygens (including phenoxy) is 1. The Morgan fingerprint density at radius 3 is 2.65 bits per heavy atom. The lowest BCUT2D eigenvalue weighted by Crippen LogP contribution is -2.24. The Bertz CT molecular complexity index is 370. The van der Waals surface area contributed by atoms with Crippen molar-refractivity contribution in [3.8, 4) is 5.88 Å². The van der Waals surface area contributed by atoms with Crippen molar-refractivity contribution in [2.45, 2.75) is 52.2 Å². The van der Waals surface area contributed by atoms with Gasteiger partial charge >= 0.3 is 0 Å². The van der Waals surface area contributed by atoms with Crippen LogP contribution in [0.1, 0.15) is 43.9 Å². The zero-order valence-corrected chi connectivity index (χ0v) is 10.8. The summed E-state index contributed by atoms with van der Waals surface area (Å²) in [7, 11) is 0. The molecule has 0 bridgehead atoms. The van der Waals surface area contributed by atoms with Crippen LogP contribution in [0.4, 0.5) is 0 Å². The Morgan fingerprint density at radius 1 is 1.29 bits per heavy atom. The monoisotopic (exact) mass is 234 g/mol. The van der Waals surface area contributed by atoms with E-state index < -0.39 is 0 Å². The van der Waals surface area contributed by atoms with E-state index in [-0.39, 0.29) is 0 Å². The second-order valence-electron chi connectivity index (χ2n) is 5.12. The predicted octanol–water partition coefficient (Wildman–Crippen LogP) is 2.81. The number of aryl methyl sites for hydroxylation is 1. The van der Waals surface area contributed by atoms with Crippen molar-refractivity contribution >= 4 is 0 Å². The minimum Gasteiger partial charge on any atom is -0.474 e. The van der Waals surface area contributed by atoms with Crippen molar-refractivity contribution in [1.29, 1.82) is 0 Å². The van der Waals surface area contributed by atoms with Crippen LogP contribution in [0.3, 0.4) is 0 Å². The predicted molar refractivity (Wildman–Crippen MR) is 68.9 cm³/mol. The Morgan fingerprint density at radius 2 is 2.00 bits per heavy atom. The summed E-state index contributed by atoms with van der Waals surface area (Å²) >= 11 is 0. The first-order valence-corrected chi connectivity index (χ1v) is 6.52. The van der Waals surface area contributed by atoms with E-state index in [2.05, 4.69) is 11.9 Å². The molecule has 1 saturated carbocycles. The highest BCUT2D eigenvalue weighted by Gasteiger charge is 2.20. The van der Waals surface area contributed by atoms with Crippen LogP contribution < -0.4 is 10.5 Å². The normalized spacial score (nSPS) is 24.6. The Kier molecular flexibility index (Phi) is 4.00. The summed E-state index contributed by atoms with van der Waals surface area (Å²) in [5, 5.41) is 0. The molecular formula is C14H22N2O. The molecule has 0 aromatic carbocycles. The molecule has 1 aromatic heterocycles. The van der Waals surface area contributed by atoms with Crippen molar-refractivity contribution in [2.75, 3.05) is 0 Å². The lowest BCUT2D eigenvalue weighted by atomic mass is 9.89. The topological polar surface area (TPSA) is 48.1 Å². The lowest BCUT2D eigenvalue weighted by Gasteiger charge is -2.27. The third-order valence-electron chi connectivity index (χ3n) is 3.54. The summed E-state index contributed by atoms with van der Waals surface area (Å²) in [4.78, 5) is 4.45. The Balaban J connectivity index is 2.04. The van der Waals surface area contributed by atoms with Crippen LogP contribution in [0.25, 0.3) is 0 Å². The third-order valence-corrected chi connectivity index (χ3v) is 3.54. The molecular weight excluding hydrogens is 212 g/mol. The van der Waals surface area contributed by atoms with Gasteiger partial charge in [0.05, 0.1) is 0 Å². The summed E-state index contributed by atoms with van der Waals surface area (Å²) in [6, 6.07) is 4.00. The average Bonchev–Trinajstić information content (AvgIpc) is 2.32. The van der Waals surface area contributed by atoms with Gasteiger partial charge in [0.2, 0.25) is 5.88 Å². The molecule has 2 N–H and O–H groups in total. The van der Waals surface area contributed by atoms with Crippen molar-refractivity contribution in [3.05, 3.63) is 23.4 Å². The zero-order chi connectivity index (χ0) is 12.3. The van der Waals surface area contributed by atoms with E-state index in [1.165, 1.54) is 12.8 Å². The highest BCUT2D eigenvalue weighted by atomic mass is 16.5.